The summed E-state index contributed by atoms with van der Waals surface area (Å²) in [5.74, 6) is 0.504. The molecule has 0 bridgehead atoms. The minimum atomic E-state index is -0.733. The molecule has 2 N–H and O–H groups in total. The van der Waals surface area contributed by atoms with Crippen LogP contribution in [0.1, 0.15) is 13.8 Å². The Balaban J connectivity index is 2.49. The minimum absolute atomic E-state index is 0.359. The molecular formula is C8H15NO2S. The molecule has 0 aliphatic carbocycles. The average molecular weight is 189 g/mol. The molecule has 70 valence electrons. The van der Waals surface area contributed by atoms with Gasteiger partial charge in [-0.3, -0.25) is 4.79 Å². The number of hydrogen-bond acceptors (Lipinski definition) is 3. The van der Waals surface area contributed by atoms with E-state index in [4.69, 9.17) is 5.11 Å². The smallest absolute Gasteiger partial charge is 0.321 e. The summed E-state index contributed by atoms with van der Waals surface area (Å²) in [5, 5.41) is 12.4. The topological polar surface area (TPSA) is 49.3 Å². The summed E-state index contributed by atoms with van der Waals surface area (Å²) in [6.07, 6.45) is 0. The molecule has 0 radical (unpaired) electrons. The first-order valence-corrected chi connectivity index (χ1v) is 5.24. The maximum absolute atomic E-state index is 10.6. The second-order valence-electron chi connectivity index (χ2n) is 3.31. The van der Waals surface area contributed by atoms with Crippen LogP contribution >= 0.6 is 11.8 Å². The lowest BCUT2D eigenvalue weighted by Gasteiger charge is -2.14. The van der Waals surface area contributed by atoms with Gasteiger partial charge in [0.2, 0.25) is 0 Å². The highest BCUT2D eigenvalue weighted by molar-refractivity contribution is 7.99. The van der Waals surface area contributed by atoms with Gasteiger partial charge in [-0.15, -0.1) is 0 Å². The molecule has 2 unspecified atom stereocenters. The van der Waals surface area contributed by atoms with Gasteiger partial charge in [0.05, 0.1) is 0 Å². The van der Waals surface area contributed by atoms with Crippen molar-refractivity contribution in [3.8, 4) is 0 Å². The Hall–Kier alpha value is -0.220. The van der Waals surface area contributed by atoms with E-state index >= 15 is 0 Å². The lowest BCUT2D eigenvalue weighted by atomic mass is 10.1. The standard InChI is InChI=1S/C8H15NO2S/c1-5-3-9-7(8(10)11)4-12-6(5)2/h5-7,9H,3-4H2,1-2H3,(H,10,11)/t5?,6?,7-/m0/s1. The van der Waals surface area contributed by atoms with Crippen LogP contribution in [0.4, 0.5) is 0 Å². The zero-order valence-electron chi connectivity index (χ0n) is 7.41. The van der Waals surface area contributed by atoms with Gasteiger partial charge >= 0.3 is 5.97 Å². The number of carboxylic acid groups (broad SMARTS) is 1. The zero-order valence-corrected chi connectivity index (χ0v) is 8.23. The van der Waals surface area contributed by atoms with E-state index in [0.717, 1.165) is 6.54 Å². The van der Waals surface area contributed by atoms with Crippen molar-refractivity contribution in [2.75, 3.05) is 12.3 Å². The number of carboxylic acids is 1. The molecule has 0 amide bonds. The molecule has 1 aliphatic heterocycles. The fourth-order valence-electron chi connectivity index (χ4n) is 1.12. The van der Waals surface area contributed by atoms with Crippen molar-refractivity contribution in [1.82, 2.24) is 5.32 Å². The monoisotopic (exact) mass is 189 g/mol. The molecule has 1 heterocycles. The van der Waals surface area contributed by atoms with Gasteiger partial charge in [-0.05, 0) is 12.5 Å². The average Bonchev–Trinajstić information content (AvgIpc) is 2.16. The summed E-state index contributed by atoms with van der Waals surface area (Å²) >= 11 is 1.74. The molecule has 1 rings (SSSR count). The van der Waals surface area contributed by atoms with E-state index in [1.54, 1.807) is 11.8 Å². The molecule has 0 aromatic carbocycles. The highest BCUT2D eigenvalue weighted by atomic mass is 32.2. The molecule has 0 aromatic heterocycles. The van der Waals surface area contributed by atoms with Crippen LogP contribution in [0.2, 0.25) is 0 Å². The highest BCUT2D eigenvalue weighted by Crippen LogP contribution is 2.22. The van der Waals surface area contributed by atoms with Crippen molar-refractivity contribution >= 4 is 17.7 Å². The summed E-state index contributed by atoms with van der Waals surface area (Å²) in [7, 11) is 0. The van der Waals surface area contributed by atoms with Crippen LogP contribution in [0, 0.1) is 5.92 Å². The van der Waals surface area contributed by atoms with E-state index in [9.17, 15) is 4.79 Å². The molecule has 3 atom stereocenters. The van der Waals surface area contributed by atoms with Crippen molar-refractivity contribution in [2.45, 2.75) is 25.1 Å². The van der Waals surface area contributed by atoms with Crippen molar-refractivity contribution in [3.63, 3.8) is 0 Å². The molecule has 4 heteroatoms. The third kappa shape index (κ3) is 2.38. The molecule has 0 aromatic rings. The number of nitrogens with one attached hydrogen (secondary N) is 1. The first-order chi connectivity index (χ1) is 5.61. The summed E-state index contributed by atoms with van der Waals surface area (Å²) < 4.78 is 0. The Morgan fingerprint density at radius 2 is 2.25 bits per heavy atom. The molecule has 1 fully saturated rings. The first kappa shape index (κ1) is 9.86. The van der Waals surface area contributed by atoms with Crippen LogP contribution < -0.4 is 5.32 Å². The van der Waals surface area contributed by atoms with E-state index in [-0.39, 0.29) is 6.04 Å². The van der Waals surface area contributed by atoms with E-state index < -0.39 is 5.97 Å². The SMILES string of the molecule is CC1CN[C@H](C(=O)O)CSC1C. The van der Waals surface area contributed by atoms with Gasteiger partial charge in [0.25, 0.3) is 0 Å². The van der Waals surface area contributed by atoms with Crippen molar-refractivity contribution in [1.29, 1.82) is 0 Å². The second-order valence-corrected chi connectivity index (χ2v) is 4.73. The fraction of sp³-hybridized carbons (Fsp3) is 0.875. The third-order valence-corrected chi connectivity index (χ3v) is 3.83. The number of carbonyl (C=O) groups is 1. The highest BCUT2D eigenvalue weighted by Gasteiger charge is 2.25. The van der Waals surface area contributed by atoms with Crippen LogP contribution in [0.25, 0.3) is 0 Å². The van der Waals surface area contributed by atoms with Gasteiger partial charge in [0, 0.05) is 11.0 Å². The molecule has 0 saturated carbocycles. The summed E-state index contributed by atoms with van der Waals surface area (Å²) in [6.45, 7) is 5.11. The lowest BCUT2D eigenvalue weighted by Crippen LogP contribution is -2.39. The van der Waals surface area contributed by atoms with Gasteiger partial charge in [0.1, 0.15) is 6.04 Å². The van der Waals surface area contributed by atoms with Gasteiger partial charge in [-0.1, -0.05) is 13.8 Å². The van der Waals surface area contributed by atoms with Crippen LogP contribution in [-0.2, 0) is 4.79 Å². The van der Waals surface area contributed by atoms with Crippen LogP contribution in [0.15, 0.2) is 0 Å². The van der Waals surface area contributed by atoms with E-state index in [2.05, 4.69) is 19.2 Å². The maximum Gasteiger partial charge on any atom is 0.321 e. The third-order valence-electron chi connectivity index (χ3n) is 2.31. The molecule has 1 aliphatic rings. The van der Waals surface area contributed by atoms with Crippen molar-refractivity contribution < 1.29 is 9.90 Å². The summed E-state index contributed by atoms with van der Waals surface area (Å²) in [5.41, 5.74) is 0. The summed E-state index contributed by atoms with van der Waals surface area (Å²) in [4.78, 5) is 10.6. The Labute approximate surface area is 76.9 Å². The van der Waals surface area contributed by atoms with Crippen molar-refractivity contribution in [2.24, 2.45) is 5.92 Å². The van der Waals surface area contributed by atoms with Crippen LogP contribution in [-0.4, -0.2) is 34.7 Å². The van der Waals surface area contributed by atoms with Gasteiger partial charge in [-0.25, -0.2) is 0 Å². The number of rotatable bonds is 1. The van der Waals surface area contributed by atoms with Gasteiger partial charge < -0.3 is 10.4 Å². The number of aliphatic carboxylic acids is 1. The Morgan fingerprint density at radius 3 is 2.83 bits per heavy atom. The predicted octanol–water partition coefficient (Wildman–Crippen LogP) is 0.801. The Morgan fingerprint density at radius 1 is 1.58 bits per heavy atom. The molecule has 3 nitrogen and oxygen atoms in total. The van der Waals surface area contributed by atoms with Crippen molar-refractivity contribution in [3.05, 3.63) is 0 Å². The Bertz CT molecular complexity index is 162. The van der Waals surface area contributed by atoms with E-state index in [0.29, 0.717) is 16.9 Å². The van der Waals surface area contributed by atoms with Crippen LogP contribution in [0.3, 0.4) is 0 Å². The fourth-order valence-corrected chi connectivity index (χ4v) is 2.31. The second kappa shape index (κ2) is 4.14. The predicted molar refractivity (Wildman–Crippen MR) is 50.5 cm³/mol. The molecule has 1 saturated heterocycles. The van der Waals surface area contributed by atoms with Gasteiger partial charge in [0.15, 0.2) is 0 Å². The van der Waals surface area contributed by atoms with Gasteiger partial charge in [-0.2, -0.15) is 11.8 Å². The maximum atomic E-state index is 10.6. The Kier molecular flexibility index (Phi) is 3.40. The minimum Gasteiger partial charge on any atom is -0.480 e. The number of hydrogen-bond donors (Lipinski definition) is 2. The van der Waals surface area contributed by atoms with Crippen LogP contribution in [0.5, 0.6) is 0 Å². The quantitative estimate of drug-likeness (QED) is 0.640. The molecular weight excluding hydrogens is 174 g/mol. The largest absolute Gasteiger partial charge is 0.480 e. The van der Waals surface area contributed by atoms with E-state index in [1.807, 2.05) is 0 Å². The normalized spacial score (nSPS) is 37.3. The summed E-state index contributed by atoms with van der Waals surface area (Å²) in [6, 6.07) is -0.359. The van der Waals surface area contributed by atoms with E-state index in [1.165, 1.54) is 0 Å². The molecule has 0 spiro atoms. The first-order valence-electron chi connectivity index (χ1n) is 4.19. The molecule has 12 heavy (non-hydrogen) atoms. The zero-order chi connectivity index (χ0) is 9.14. The lowest BCUT2D eigenvalue weighted by molar-refractivity contribution is -0.138. The number of thioether (sulfide) groups is 1.